The van der Waals surface area contributed by atoms with Crippen molar-refractivity contribution in [2.75, 3.05) is 28.8 Å². The van der Waals surface area contributed by atoms with Gasteiger partial charge in [0.15, 0.2) is 0 Å². The summed E-state index contributed by atoms with van der Waals surface area (Å²) in [5.74, 6) is 0.806. The van der Waals surface area contributed by atoms with Crippen LogP contribution in [0.2, 0.25) is 0 Å². The van der Waals surface area contributed by atoms with Crippen molar-refractivity contribution in [1.29, 1.82) is 0 Å². The number of amides is 2. The second-order valence-corrected chi connectivity index (χ2v) is 6.06. The van der Waals surface area contributed by atoms with Crippen molar-refractivity contribution in [3.8, 4) is 0 Å². The van der Waals surface area contributed by atoms with Crippen molar-refractivity contribution >= 4 is 35.0 Å². The number of benzene rings is 1. The van der Waals surface area contributed by atoms with Gasteiger partial charge in [0.2, 0.25) is 11.8 Å². The molecule has 5 nitrogen and oxygen atoms in total. The Labute approximate surface area is 129 Å². The lowest BCUT2D eigenvalue weighted by atomic mass is 10.2. The number of carbonyl (C=O) groups is 2. The first-order valence-electron chi connectivity index (χ1n) is 7.07. The first-order valence-corrected chi connectivity index (χ1v) is 8.47. The molecule has 3 N–H and O–H groups in total. The van der Waals surface area contributed by atoms with Crippen molar-refractivity contribution < 1.29 is 9.59 Å². The Morgan fingerprint density at radius 2 is 2.33 bits per heavy atom. The molecular weight excluding hydrogens is 286 g/mol. The van der Waals surface area contributed by atoms with Gasteiger partial charge in [0.1, 0.15) is 0 Å². The number of hydrogen-bond donors (Lipinski definition) is 2. The summed E-state index contributed by atoms with van der Waals surface area (Å²) >= 11 is 1.67. The molecular formula is C15H21N3O2S. The van der Waals surface area contributed by atoms with Crippen LogP contribution in [0.1, 0.15) is 19.3 Å². The lowest BCUT2D eigenvalue weighted by Gasteiger charge is -2.17. The van der Waals surface area contributed by atoms with Crippen molar-refractivity contribution in [1.82, 2.24) is 0 Å². The van der Waals surface area contributed by atoms with Crippen LogP contribution in [0.15, 0.2) is 24.3 Å². The topological polar surface area (TPSA) is 75.4 Å². The van der Waals surface area contributed by atoms with E-state index < -0.39 is 6.04 Å². The number of hydrogen-bond acceptors (Lipinski definition) is 4. The number of thioether (sulfide) groups is 1. The molecule has 1 atom stereocenters. The summed E-state index contributed by atoms with van der Waals surface area (Å²) in [5.41, 5.74) is 7.35. The fourth-order valence-electron chi connectivity index (χ4n) is 2.28. The first kappa shape index (κ1) is 15.9. The van der Waals surface area contributed by atoms with E-state index in [9.17, 15) is 9.59 Å². The lowest BCUT2D eigenvalue weighted by molar-refractivity contribution is -0.118. The Balaban J connectivity index is 2.01. The highest BCUT2D eigenvalue weighted by atomic mass is 32.2. The molecule has 1 fully saturated rings. The quantitative estimate of drug-likeness (QED) is 0.841. The molecule has 1 heterocycles. The van der Waals surface area contributed by atoms with Gasteiger partial charge in [-0.2, -0.15) is 11.8 Å². The fourth-order valence-corrected chi connectivity index (χ4v) is 2.77. The average molecular weight is 307 g/mol. The van der Waals surface area contributed by atoms with Gasteiger partial charge in [-0.15, -0.1) is 0 Å². The number of carbonyl (C=O) groups excluding carboxylic acids is 2. The van der Waals surface area contributed by atoms with Crippen molar-refractivity contribution in [2.24, 2.45) is 5.73 Å². The van der Waals surface area contributed by atoms with Crippen LogP contribution in [0, 0.1) is 0 Å². The van der Waals surface area contributed by atoms with E-state index in [1.54, 1.807) is 16.7 Å². The largest absolute Gasteiger partial charge is 0.325 e. The van der Waals surface area contributed by atoms with Crippen LogP contribution in [0.4, 0.5) is 11.4 Å². The molecule has 0 aliphatic carbocycles. The predicted molar refractivity (Wildman–Crippen MR) is 87.6 cm³/mol. The predicted octanol–water partition coefficient (Wildman–Crippen LogP) is 1.83. The van der Waals surface area contributed by atoms with Crippen LogP contribution in [-0.4, -0.2) is 36.4 Å². The summed E-state index contributed by atoms with van der Waals surface area (Å²) in [4.78, 5) is 25.5. The van der Waals surface area contributed by atoms with Crippen molar-refractivity contribution in [2.45, 2.75) is 25.3 Å². The number of rotatable bonds is 6. The van der Waals surface area contributed by atoms with Gasteiger partial charge in [-0.25, -0.2) is 0 Å². The van der Waals surface area contributed by atoms with Gasteiger partial charge < -0.3 is 16.0 Å². The Kier molecular flexibility index (Phi) is 5.64. The zero-order valence-corrected chi connectivity index (χ0v) is 13.0. The minimum Gasteiger partial charge on any atom is -0.325 e. The molecule has 0 radical (unpaired) electrons. The zero-order chi connectivity index (χ0) is 15.2. The molecule has 0 spiro atoms. The molecule has 6 heteroatoms. The normalized spacial score (nSPS) is 16.1. The second-order valence-electron chi connectivity index (χ2n) is 5.08. The highest BCUT2D eigenvalue weighted by Crippen LogP contribution is 2.24. The SMILES string of the molecule is CSCC[C@@H](N)C(=O)Nc1cccc(N2CCCC2=O)c1. The Hall–Kier alpha value is -1.53. The molecule has 0 saturated carbocycles. The standard InChI is InChI=1S/C15H21N3O2S/c1-21-9-7-13(16)15(20)17-11-4-2-5-12(10-11)18-8-3-6-14(18)19/h2,4-5,10,13H,3,6-9,16H2,1H3,(H,17,20)/t13-/m1/s1. The molecule has 1 aromatic rings. The van der Waals surface area contributed by atoms with Crippen molar-refractivity contribution in [3.63, 3.8) is 0 Å². The minimum absolute atomic E-state index is 0.134. The molecule has 1 saturated heterocycles. The summed E-state index contributed by atoms with van der Waals surface area (Å²) in [7, 11) is 0. The van der Waals surface area contributed by atoms with Gasteiger partial charge >= 0.3 is 0 Å². The van der Waals surface area contributed by atoms with E-state index in [1.807, 2.05) is 30.5 Å². The number of nitrogens with two attached hydrogens (primary N) is 1. The third-order valence-corrected chi connectivity index (χ3v) is 4.11. The highest BCUT2D eigenvalue weighted by Gasteiger charge is 2.22. The molecule has 1 aromatic carbocycles. The van der Waals surface area contributed by atoms with Gasteiger partial charge in [-0.1, -0.05) is 6.07 Å². The van der Waals surface area contributed by atoms with Gasteiger partial charge in [0.05, 0.1) is 6.04 Å². The lowest BCUT2D eigenvalue weighted by Crippen LogP contribution is -2.36. The van der Waals surface area contributed by atoms with E-state index in [0.29, 0.717) is 18.5 Å². The van der Waals surface area contributed by atoms with Crippen LogP contribution in [0.25, 0.3) is 0 Å². The molecule has 0 bridgehead atoms. The fraction of sp³-hybridized carbons (Fsp3) is 0.467. The molecule has 2 rings (SSSR count). The van der Waals surface area contributed by atoms with Crippen LogP contribution >= 0.6 is 11.8 Å². The Morgan fingerprint density at radius 1 is 1.52 bits per heavy atom. The minimum atomic E-state index is -0.505. The summed E-state index contributed by atoms with van der Waals surface area (Å²) in [6, 6.07) is 6.84. The third kappa shape index (κ3) is 4.22. The maximum Gasteiger partial charge on any atom is 0.241 e. The smallest absolute Gasteiger partial charge is 0.241 e. The van der Waals surface area contributed by atoms with Gasteiger partial charge in [-0.05, 0) is 43.0 Å². The molecule has 2 amide bonds. The maximum absolute atomic E-state index is 12.0. The summed E-state index contributed by atoms with van der Waals surface area (Å²) in [6.07, 6.45) is 4.11. The number of nitrogens with one attached hydrogen (secondary N) is 1. The van der Waals surface area contributed by atoms with Crippen LogP contribution in [0.3, 0.4) is 0 Å². The molecule has 0 aromatic heterocycles. The highest BCUT2D eigenvalue weighted by molar-refractivity contribution is 7.98. The van der Waals surface area contributed by atoms with E-state index in [1.165, 1.54) is 0 Å². The van der Waals surface area contributed by atoms with Gasteiger partial charge in [0, 0.05) is 24.3 Å². The van der Waals surface area contributed by atoms with Crippen LogP contribution in [0.5, 0.6) is 0 Å². The monoisotopic (exact) mass is 307 g/mol. The zero-order valence-electron chi connectivity index (χ0n) is 12.2. The van der Waals surface area contributed by atoms with E-state index >= 15 is 0 Å². The van der Waals surface area contributed by atoms with E-state index in [0.717, 1.165) is 24.4 Å². The third-order valence-electron chi connectivity index (χ3n) is 3.47. The Morgan fingerprint density at radius 3 is 3.00 bits per heavy atom. The van der Waals surface area contributed by atoms with Crippen LogP contribution in [-0.2, 0) is 9.59 Å². The average Bonchev–Trinajstić information content (AvgIpc) is 2.91. The van der Waals surface area contributed by atoms with Crippen LogP contribution < -0.4 is 16.0 Å². The van der Waals surface area contributed by atoms with E-state index in [-0.39, 0.29) is 11.8 Å². The molecule has 0 unspecified atom stereocenters. The molecule has 21 heavy (non-hydrogen) atoms. The second kappa shape index (κ2) is 7.47. The Bertz CT molecular complexity index is 521. The van der Waals surface area contributed by atoms with E-state index in [2.05, 4.69) is 5.32 Å². The maximum atomic E-state index is 12.0. The molecule has 1 aliphatic heterocycles. The number of anilines is 2. The van der Waals surface area contributed by atoms with E-state index in [4.69, 9.17) is 5.73 Å². The van der Waals surface area contributed by atoms with Gasteiger partial charge in [-0.3, -0.25) is 9.59 Å². The summed E-state index contributed by atoms with van der Waals surface area (Å²) in [6.45, 7) is 0.740. The number of nitrogens with zero attached hydrogens (tertiary/aromatic N) is 1. The molecule has 114 valence electrons. The van der Waals surface area contributed by atoms with Crippen molar-refractivity contribution in [3.05, 3.63) is 24.3 Å². The summed E-state index contributed by atoms with van der Waals surface area (Å²) in [5, 5.41) is 2.82. The summed E-state index contributed by atoms with van der Waals surface area (Å²) < 4.78 is 0. The van der Waals surface area contributed by atoms with Gasteiger partial charge in [0.25, 0.3) is 0 Å². The molecule has 1 aliphatic rings. The first-order chi connectivity index (χ1) is 10.1.